The highest BCUT2D eigenvalue weighted by Crippen LogP contribution is 2.33. The predicted molar refractivity (Wildman–Crippen MR) is 137 cm³/mol. The van der Waals surface area contributed by atoms with Gasteiger partial charge in [-0.05, 0) is 61.1 Å². The minimum Gasteiger partial charge on any atom is -0.507 e. The van der Waals surface area contributed by atoms with Crippen molar-refractivity contribution in [2.75, 3.05) is 13.2 Å². The van der Waals surface area contributed by atoms with Crippen molar-refractivity contribution in [1.82, 2.24) is 0 Å². The fraction of sp³-hybridized carbons (Fsp3) is 0.200. The maximum Gasteiger partial charge on any atom is 0.127 e. The first-order valence-corrected chi connectivity index (χ1v) is 11.7. The van der Waals surface area contributed by atoms with E-state index in [1.54, 1.807) is 12.1 Å². The SMILES string of the molecule is Oc1cc(OCCCCCCOc2ccc(-c3ccccc3)c(O)c2)ccc1-c1ccccc1. The summed E-state index contributed by atoms with van der Waals surface area (Å²) in [5, 5.41) is 20.6. The van der Waals surface area contributed by atoms with Gasteiger partial charge in [-0.25, -0.2) is 0 Å². The molecule has 0 atom stereocenters. The molecule has 0 aliphatic rings. The van der Waals surface area contributed by atoms with Gasteiger partial charge in [0.1, 0.15) is 23.0 Å². The Labute approximate surface area is 201 Å². The Morgan fingerprint density at radius 1 is 0.471 bits per heavy atom. The molecule has 0 aliphatic carbocycles. The maximum absolute atomic E-state index is 10.3. The predicted octanol–water partition coefficient (Wildman–Crippen LogP) is 7.45. The molecule has 0 unspecified atom stereocenters. The highest BCUT2D eigenvalue weighted by molar-refractivity contribution is 5.71. The van der Waals surface area contributed by atoms with Crippen molar-refractivity contribution < 1.29 is 19.7 Å². The second-order valence-corrected chi connectivity index (χ2v) is 8.20. The number of phenols is 2. The van der Waals surface area contributed by atoms with E-state index in [0.717, 1.165) is 47.9 Å². The van der Waals surface area contributed by atoms with Crippen molar-refractivity contribution in [3.8, 4) is 45.3 Å². The van der Waals surface area contributed by atoms with Crippen molar-refractivity contribution in [1.29, 1.82) is 0 Å². The zero-order valence-corrected chi connectivity index (χ0v) is 19.2. The molecule has 0 radical (unpaired) electrons. The van der Waals surface area contributed by atoms with E-state index in [1.807, 2.05) is 84.9 Å². The van der Waals surface area contributed by atoms with Gasteiger partial charge in [-0.3, -0.25) is 0 Å². The van der Waals surface area contributed by atoms with Crippen molar-refractivity contribution in [2.45, 2.75) is 25.7 Å². The van der Waals surface area contributed by atoms with Gasteiger partial charge >= 0.3 is 0 Å². The van der Waals surface area contributed by atoms with E-state index in [9.17, 15) is 10.2 Å². The first kappa shape index (κ1) is 23.2. The first-order valence-electron chi connectivity index (χ1n) is 11.7. The van der Waals surface area contributed by atoms with Crippen molar-refractivity contribution in [3.05, 3.63) is 97.1 Å². The van der Waals surface area contributed by atoms with E-state index >= 15 is 0 Å². The molecule has 0 saturated carbocycles. The summed E-state index contributed by atoms with van der Waals surface area (Å²) in [4.78, 5) is 0. The van der Waals surface area contributed by atoms with E-state index in [0.29, 0.717) is 24.7 Å². The number of rotatable bonds is 11. The second-order valence-electron chi connectivity index (χ2n) is 8.20. The Balaban J connectivity index is 1.13. The van der Waals surface area contributed by atoms with E-state index in [-0.39, 0.29) is 11.5 Å². The molecule has 0 spiro atoms. The van der Waals surface area contributed by atoms with Crippen LogP contribution >= 0.6 is 0 Å². The van der Waals surface area contributed by atoms with Crippen LogP contribution in [0.25, 0.3) is 22.3 Å². The molecule has 4 nitrogen and oxygen atoms in total. The third-order valence-corrected chi connectivity index (χ3v) is 5.68. The lowest BCUT2D eigenvalue weighted by Crippen LogP contribution is -2.00. The van der Waals surface area contributed by atoms with Gasteiger partial charge in [0, 0.05) is 23.3 Å². The standard InChI is InChI=1S/C30H30O4/c31-29-21-25(15-17-27(29)23-11-5-3-6-12-23)33-19-9-1-2-10-20-34-26-16-18-28(30(32)22-26)24-13-7-4-8-14-24/h3-8,11-18,21-22,31-32H,1-2,9-10,19-20H2. The van der Waals surface area contributed by atoms with Crippen LogP contribution in [0.3, 0.4) is 0 Å². The van der Waals surface area contributed by atoms with Crippen LogP contribution in [0.5, 0.6) is 23.0 Å². The molecular weight excluding hydrogens is 424 g/mol. The molecule has 174 valence electrons. The Kier molecular flexibility index (Phi) is 8.07. The molecule has 4 aromatic rings. The maximum atomic E-state index is 10.3. The molecule has 4 aromatic carbocycles. The van der Waals surface area contributed by atoms with Gasteiger partial charge < -0.3 is 19.7 Å². The molecule has 34 heavy (non-hydrogen) atoms. The van der Waals surface area contributed by atoms with Crippen LogP contribution < -0.4 is 9.47 Å². The monoisotopic (exact) mass is 454 g/mol. The number of benzene rings is 4. The zero-order valence-electron chi connectivity index (χ0n) is 19.2. The summed E-state index contributed by atoms with van der Waals surface area (Å²) >= 11 is 0. The molecule has 0 fully saturated rings. The average Bonchev–Trinajstić information content (AvgIpc) is 2.87. The van der Waals surface area contributed by atoms with Crippen molar-refractivity contribution in [3.63, 3.8) is 0 Å². The summed E-state index contributed by atoms with van der Waals surface area (Å²) in [5.74, 6) is 1.81. The number of hydrogen-bond donors (Lipinski definition) is 2. The van der Waals surface area contributed by atoms with Gasteiger partial charge in [-0.2, -0.15) is 0 Å². The van der Waals surface area contributed by atoms with Crippen LogP contribution in [0.2, 0.25) is 0 Å². The Morgan fingerprint density at radius 3 is 1.26 bits per heavy atom. The molecule has 4 heteroatoms. The van der Waals surface area contributed by atoms with E-state index in [1.165, 1.54) is 0 Å². The fourth-order valence-corrected chi connectivity index (χ4v) is 3.86. The van der Waals surface area contributed by atoms with Gasteiger partial charge in [0.15, 0.2) is 0 Å². The van der Waals surface area contributed by atoms with Gasteiger partial charge in [0.05, 0.1) is 13.2 Å². The van der Waals surface area contributed by atoms with Crippen LogP contribution in [0.1, 0.15) is 25.7 Å². The fourth-order valence-electron chi connectivity index (χ4n) is 3.86. The molecule has 0 bridgehead atoms. The van der Waals surface area contributed by atoms with Crippen LogP contribution in [0, 0.1) is 0 Å². The Bertz CT molecular complexity index is 1080. The molecule has 2 N–H and O–H groups in total. The summed E-state index contributed by atoms with van der Waals surface area (Å²) in [6.45, 7) is 1.22. The van der Waals surface area contributed by atoms with Crippen molar-refractivity contribution >= 4 is 0 Å². The lowest BCUT2D eigenvalue weighted by Gasteiger charge is -2.10. The van der Waals surface area contributed by atoms with E-state index in [4.69, 9.17) is 9.47 Å². The van der Waals surface area contributed by atoms with Crippen LogP contribution in [0.15, 0.2) is 97.1 Å². The number of ether oxygens (including phenoxy) is 2. The van der Waals surface area contributed by atoms with Gasteiger partial charge in [-0.15, -0.1) is 0 Å². The number of unbranched alkanes of at least 4 members (excludes halogenated alkanes) is 3. The lowest BCUT2D eigenvalue weighted by molar-refractivity contribution is 0.286. The molecular formula is C30H30O4. The Morgan fingerprint density at radius 2 is 0.882 bits per heavy atom. The summed E-state index contributed by atoms with van der Waals surface area (Å²) in [6.07, 6.45) is 3.95. The summed E-state index contributed by atoms with van der Waals surface area (Å²) in [6, 6.07) is 30.6. The van der Waals surface area contributed by atoms with E-state index < -0.39 is 0 Å². The van der Waals surface area contributed by atoms with E-state index in [2.05, 4.69) is 0 Å². The molecule has 4 rings (SSSR count). The molecule has 0 aromatic heterocycles. The van der Waals surface area contributed by atoms with Crippen LogP contribution in [-0.4, -0.2) is 23.4 Å². The number of hydrogen-bond acceptors (Lipinski definition) is 4. The molecule has 0 heterocycles. The zero-order chi connectivity index (χ0) is 23.6. The number of phenolic OH excluding ortho intramolecular Hbond substituents is 2. The Hall–Kier alpha value is -3.92. The van der Waals surface area contributed by atoms with Gasteiger partial charge in [0.2, 0.25) is 0 Å². The minimum atomic E-state index is 0.226. The van der Waals surface area contributed by atoms with Gasteiger partial charge in [-0.1, -0.05) is 60.7 Å². The summed E-state index contributed by atoms with van der Waals surface area (Å²) in [5.41, 5.74) is 3.57. The smallest absolute Gasteiger partial charge is 0.127 e. The lowest BCUT2D eigenvalue weighted by atomic mass is 10.0. The average molecular weight is 455 g/mol. The third-order valence-electron chi connectivity index (χ3n) is 5.68. The molecule has 0 amide bonds. The highest BCUT2D eigenvalue weighted by Gasteiger charge is 2.07. The molecule has 0 saturated heterocycles. The van der Waals surface area contributed by atoms with Crippen LogP contribution in [-0.2, 0) is 0 Å². The minimum absolute atomic E-state index is 0.226. The second kappa shape index (κ2) is 11.8. The quantitative estimate of drug-likeness (QED) is 0.231. The van der Waals surface area contributed by atoms with Crippen molar-refractivity contribution in [2.24, 2.45) is 0 Å². The first-order chi connectivity index (χ1) is 16.7. The normalized spacial score (nSPS) is 10.7. The van der Waals surface area contributed by atoms with Gasteiger partial charge in [0.25, 0.3) is 0 Å². The highest BCUT2D eigenvalue weighted by atomic mass is 16.5. The largest absolute Gasteiger partial charge is 0.507 e. The topological polar surface area (TPSA) is 58.9 Å². The number of aromatic hydroxyl groups is 2. The third kappa shape index (κ3) is 6.32. The summed E-state index contributed by atoms with van der Waals surface area (Å²) in [7, 11) is 0. The van der Waals surface area contributed by atoms with Crippen LogP contribution in [0.4, 0.5) is 0 Å². The summed E-state index contributed by atoms with van der Waals surface area (Å²) < 4.78 is 11.6. The molecule has 0 aliphatic heterocycles.